The number of nitrogens with two attached hydrogens (primary N) is 1. The molecule has 0 fully saturated rings. The second-order valence-corrected chi connectivity index (χ2v) is 5.48. The zero-order valence-electron chi connectivity index (χ0n) is 9.90. The van der Waals surface area contributed by atoms with Crippen molar-refractivity contribution in [2.75, 3.05) is 5.73 Å². The molecule has 4 nitrogen and oxygen atoms in total. The third-order valence-corrected chi connectivity index (χ3v) is 3.94. The molecule has 0 radical (unpaired) electrons. The molecular formula is C12H16N2O2S. The van der Waals surface area contributed by atoms with Crippen molar-refractivity contribution in [2.45, 2.75) is 31.2 Å². The largest absolute Gasteiger partial charge is 0.398 e. The van der Waals surface area contributed by atoms with Crippen LogP contribution in [0.15, 0.2) is 23.1 Å². The molecule has 0 spiro atoms. The van der Waals surface area contributed by atoms with E-state index in [2.05, 4.69) is 10.6 Å². The fourth-order valence-electron chi connectivity index (χ4n) is 1.28. The first kappa shape index (κ1) is 13.6. The lowest BCUT2D eigenvalue weighted by atomic mass is 10.2. The Balaban J connectivity index is 3.06. The third kappa shape index (κ3) is 3.22. The number of hydrogen-bond acceptors (Lipinski definition) is 3. The first-order valence-electron chi connectivity index (χ1n) is 5.25. The summed E-state index contributed by atoms with van der Waals surface area (Å²) in [5.41, 5.74) is 6.97. The van der Waals surface area contributed by atoms with Crippen LogP contribution < -0.4 is 10.5 Å². The van der Waals surface area contributed by atoms with Crippen LogP contribution in [-0.4, -0.2) is 14.5 Å². The molecule has 92 valence electrons. The Bertz CT molecular complexity index is 544. The molecule has 0 heterocycles. The van der Waals surface area contributed by atoms with Gasteiger partial charge in [-0.2, -0.15) is 4.72 Å². The Morgan fingerprint density at radius 1 is 1.53 bits per heavy atom. The van der Waals surface area contributed by atoms with Gasteiger partial charge in [0.15, 0.2) is 0 Å². The van der Waals surface area contributed by atoms with E-state index in [0.29, 0.717) is 12.1 Å². The minimum absolute atomic E-state index is 0.134. The van der Waals surface area contributed by atoms with E-state index in [9.17, 15) is 8.42 Å². The SMILES string of the molecule is C#CC(CC)NS(=O)(=O)c1ccc(C)c(N)c1. The summed E-state index contributed by atoms with van der Waals surface area (Å²) in [6.45, 7) is 3.63. The van der Waals surface area contributed by atoms with Gasteiger partial charge in [0.2, 0.25) is 10.0 Å². The number of aryl methyl sites for hydroxylation is 1. The molecule has 0 saturated heterocycles. The summed E-state index contributed by atoms with van der Waals surface area (Å²) in [6.07, 6.45) is 5.76. The van der Waals surface area contributed by atoms with Gasteiger partial charge in [-0.1, -0.05) is 18.9 Å². The molecule has 0 amide bonds. The van der Waals surface area contributed by atoms with Crippen LogP contribution >= 0.6 is 0 Å². The van der Waals surface area contributed by atoms with E-state index < -0.39 is 16.1 Å². The lowest BCUT2D eigenvalue weighted by Crippen LogP contribution is -2.33. The molecule has 3 N–H and O–H groups in total. The minimum atomic E-state index is -3.60. The number of hydrogen-bond donors (Lipinski definition) is 2. The number of rotatable bonds is 4. The van der Waals surface area contributed by atoms with E-state index in [0.717, 1.165) is 5.56 Å². The molecule has 0 aliphatic rings. The molecule has 0 aliphatic carbocycles. The molecule has 1 aromatic carbocycles. The summed E-state index contributed by atoms with van der Waals surface area (Å²) >= 11 is 0. The Hall–Kier alpha value is -1.51. The van der Waals surface area contributed by atoms with Crippen LogP contribution in [0.1, 0.15) is 18.9 Å². The van der Waals surface area contributed by atoms with Crippen LogP contribution in [0.25, 0.3) is 0 Å². The number of sulfonamides is 1. The molecule has 17 heavy (non-hydrogen) atoms. The summed E-state index contributed by atoms with van der Waals surface area (Å²) < 4.78 is 26.4. The predicted molar refractivity (Wildman–Crippen MR) is 68.8 cm³/mol. The molecule has 1 aromatic rings. The summed E-state index contributed by atoms with van der Waals surface area (Å²) in [6, 6.07) is 4.11. The van der Waals surface area contributed by atoms with Gasteiger partial charge in [-0.25, -0.2) is 8.42 Å². The van der Waals surface area contributed by atoms with Crippen molar-refractivity contribution in [3.05, 3.63) is 23.8 Å². The van der Waals surface area contributed by atoms with E-state index in [4.69, 9.17) is 12.2 Å². The lowest BCUT2D eigenvalue weighted by Gasteiger charge is -2.12. The summed E-state index contributed by atoms with van der Waals surface area (Å²) in [4.78, 5) is 0.134. The van der Waals surface area contributed by atoms with Gasteiger partial charge in [-0.15, -0.1) is 6.42 Å². The molecule has 0 bridgehead atoms. The van der Waals surface area contributed by atoms with Crippen LogP contribution in [0, 0.1) is 19.3 Å². The summed E-state index contributed by atoms with van der Waals surface area (Å²) in [7, 11) is -3.60. The normalized spacial score (nSPS) is 13.0. The van der Waals surface area contributed by atoms with Gasteiger partial charge in [0.05, 0.1) is 10.9 Å². The van der Waals surface area contributed by atoms with Crippen molar-refractivity contribution < 1.29 is 8.42 Å². The second-order valence-electron chi connectivity index (χ2n) is 3.77. The Labute approximate surface area is 102 Å². The van der Waals surface area contributed by atoms with Crippen molar-refractivity contribution in [1.82, 2.24) is 4.72 Å². The lowest BCUT2D eigenvalue weighted by molar-refractivity contribution is 0.570. The van der Waals surface area contributed by atoms with Gasteiger partial charge in [-0.05, 0) is 31.0 Å². The van der Waals surface area contributed by atoms with E-state index in [1.807, 2.05) is 13.8 Å². The fraction of sp³-hybridized carbons (Fsp3) is 0.333. The Kier molecular flexibility index (Phi) is 4.16. The molecule has 5 heteroatoms. The van der Waals surface area contributed by atoms with Gasteiger partial charge < -0.3 is 5.73 Å². The number of nitrogen functional groups attached to an aromatic ring is 1. The van der Waals surface area contributed by atoms with Gasteiger partial charge in [0, 0.05) is 5.69 Å². The van der Waals surface area contributed by atoms with Crippen molar-refractivity contribution in [2.24, 2.45) is 0 Å². The predicted octanol–water partition coefficient (Wildman–Crippen LogP) is 1.27. The number of anilines is 1. The van der Waals surface area contributed by atoms with Crippen molar-refractivity contribution >= 4 is 15.7 Å². The molecule has 0 saturated carbocycles. The third-order valence-electron chi connectivity index (χ3n) is 2.47. The Morgan fingerprint density at radius 3 is 2.65 bits per heavy atom. The maximum atomic E-state index is 12.0. The molecule has 1 rings (SSSR count). The highest BCUT2D eigenvalue weighted by atomic mass is 32.2. The highest BCUT2D eigenvalue weighted by Crippen LogP contribution is 2.17. The second kappa shape index (κ2) is 5.21. The molecule has 0 aromatic heterocycles. The molecule has 1 atom stereocenters. The zero-order valence-corrected chi connectivity index (χ0v) is 10.7. The first-order chi connectivity index (χ1) is 7.90. The monoisotopic (exact) mass is 252 g/mol. The number of nitrogens with one attached hydrogen (secondary N) is 1. The van der Waals surface area contributed by atoms with Crippen LogP contribution in [0.2, 0.25) is 0 Å². The van der Waals surface area contributed by atoms with Gasteiger partial charge >= 0.3 is 0 Å². The number of benzene rings is 1. The summed E-state index contributed by atoms with van der Waals surface area (Å²) in [5.74, 6) is 2.38. The van der Waals surface area contributed by atoms with Crippen molar-refractivity contribution in [1.29, 1.82) is 0 Å². The highest BCUT2D eigenvalue weighted by molar-refractivity contribution is 7.89. The first-order valence-corrected chi connectivity index (χ1v) is 6.73. The van der Waals surface area contributed by atoms with E-state index in [-0.39, 0.29) is 4.90 Å². The maximum Gasteiger partial charge on any atom is 0.241 e. The average molecular weight is 252 g/mol. The maximum absolute atomic E-state index is 12.0. The molecule has 1 unspecified atom stereocenters. The van der Waals surface area contributed by atoms with E-state index >= 15 is 0 Å². The molecule has 0 aliphatic heterocycles. The van der Waals surface area contributed by atoms with Gasteiger partial charge in [-0.3, -0.25) is 0 Å². The zero-order chi connectivity index (χ0) is 13.1. The molecular weight excluding hydrogens is 236 g/mol. The van der Waals surface area contributed by atoms with E-state index in [1.54, 1.807) is 6.07 Å². The van der Waals surface area contributed by atoms with Gasteiger partial charge in [0.1, 0.15) is 0 Å². The topological polar surface area (TPSA) is 72.2 Å². The van der Waals surface area contributed by atoms with Crippen molar-refractivity contribution in [3.8, 4) is 12.3 Å². The van der Waals surface area contributed by atoms with Crippen molar-refractivity contribution in [3.63, 3.8) is 0 Å². The quantitative estimate of drug-likeness (QED) is 0.626. The van der Waals surface area contributed by atoms with Crippen LogP contribution in [0.5, 0.6) is 0 Å². The fourth-order valence-corrected chi connectivity index (χ4v) is 2.55. The minimum Gasteiger partial charge on any atom is -0.398 e. The van der Waals surface area contributed by atoms with E-state index in [1.165, 1.54) is 12.1 Å². The van der Waals surface area contributed by atoms with Crippen LogP contribution in [0.3, 0.4) is 0 Å². The summed E-state index contributed by atoms with van der Waals surface area (Å²) in [5, 5.41) is 0. The van der Waals surface area contributed by atoms with Crippen LogP contribution in [0.4, 0.5) is 5.69 Å². The smallest absolute Gasteiger partial charge is 0.241 e. The number of terminal acetylenes is 1. The van der Waals surface area contributed by atoms with Gasteiger partial charge in [0.25, 0.3) is 0 Å². The Morgan fingerprint density at radius 2 is 2.18 bits per heavy atom. The standard InChI is InChI=1S/C12H16N2O2S/c1-4-10(5-2)14-17(15,16)11-7-6-9(3)12(13)8-11/h1,6-8,10,14H,5,13H2,2-3H3. The average Bonchev–Trinajstić information content (AvgIpc) is 2.29. The highest BCUT2D eigenvalue weighted by Gasteiger charge is 2.18. The van der Waals surface area contributed by atoms with Crippen LogP contribution in [-0.2, 0) is 10.0 Å².